The van der Waals surface area contributed by atoms with Crippen molar-refractivity contribution >= 4 is 5.97 Å². The molecule has 2 heteroatoms. The first-order valence-electron chi connectivity index (χ1n) is 7.09. The van der Waals surface area contributed by atoms with E-state index in [4.69, 9.17) is 4.74 Å². The van der Waals surface area contributed by atoms with E-state index in [1.54, 1.807) is 0 Å². The summed E-state index contributed by atoms with van der Waals surface area (Å²) in [6.45, 7) is 6.69. The number of carbonyl (C=O) groups is 1. The molecule has 0 aliphatic heterocycles. The number of fused-ring (bicyclic) bond motifs is 1. The SMILES string of the molecule is CCOC(=O)C(=C(CC)CC)C12CCCC1C2. The van der Waals surface area contributed by atoms with Crippen LogP contribution in [0, 0.1) is 11.3 Å². The fourth-order valence-corrected chi connectivity index (χ4v) is 3.67. The maximum absolute atomic E-state index is 12.2. The molecule has 0 heterocycles. The quantitative estimate of drug-likeness (QED) is 0.535. The van der Waals surface area contributed by atoms with E-state index in [1.807, 2.05) is 6.92 Å². The van der Waals surface area contributed by atoms with Gasteiger partial charge in [0, 0.05) is 11.0 Å². The fraction of sp³-hybridized carbons (Fsp3) is 0.800. The van der Waals surface area contributed by atoms with Gasteiger partial charge >= 0.3 is 5.97 Å². The lowest BCUT2D eigenvalue weighted by Gasteiger charge is -2.20. The minimum Gasteiger partial charge on any atom is -0.463 e. The van der Waals surface area contributed by atoms with Gasteiger partial charge in [0.05, 0.1) is 6.61 Å². The van der Waals surface area contributed by atoms with Gasteiger partial charge in [-0.2, -0.15) is 0 Å². The van der Waals surface area contributed by atoms with E-state index in [-0.39, 0.29) is 11.4 Å². The van der Waals surface area contributed by atoms with Crippen molar-refractivity contribution in [2.45, 2.75) is 59.3 Å². The Morgan fingerprint density at radius 3 is 2.41 bits per heavy atom. The van der Waals surface area contributed by atoms with Crippen molar-refractivity contribution in [3.63, 3.8) is 0 Å². The average Bonchev–Trinajstić information content (AvgIpc) is 2.88. The normalized spacial score (nSPS) is 29.7. The van der Waals surface area contributed by atoms with Crippen LogP contribution < -0.4 is 0 Å². The van der Waals surface area contributed by atoms with Crippen LogP contribution in [-0.4, -0.2) is 12.6 Å². The monoisotopic (exact) mass is 236 g/mol. The highest BCUT2D eigenvalue weighted by molar-refractivity contribution is 5.92. The molecule has 0 bridgehead atoms. The summed E-state index contributed by atoms with van der Waals surface area (Å²) in [5, 5.41) is 0. The molecule has 2 atom stereocenters. The molecule has 2 saturated carbocycles. The third kappa shape index (κ3) is 2.02. The predicted octanol–water partition coefficient (Wildman–Crippen LogP) is 3.86. The standard InChI is InChI=1S/C15H24O2/c1-4-11(5-2)13(14(16)17-6-3)15-9-7-8-12(15)10-15/h12H,4-10H2,1-3H3. The molecule has 17 heavy (non-hydrogen) atoms. The summed E-state index contributed by atoms with van der Waals surface area (Å²) in [7, 11) is 0. The largest absolute Gasteiger partial charge is 0.463 e. The van der Waals surface area contributed by atoms with E-state index < -0.39 is 0 Å². The summed E-state index contributed by atoms with van der Waals surface area (Å²) in [5.74, 6) is 0.741. The highest BCUT2D eigenvalue weighted by atomic mass is 16.5. The van der Waals surface area contributed by atoms with E-state index in [0.29, 0.717) is 6.61 Å². The third-order valence-corrected chi connectivity index (χ3v) is 4.59. The first-order valence-corrected chi connectivity index (χ1v) is 7.09. The summed E-state index contributed by atoms with van der Waals surface area (Å²) in [6, 6.07) is 0. The molecule has 0 radical (unpaired) electrons. The van der Waals surface area contributed by atoms with Crippen LogP contribution in [0.4, 0.5) is 0 Å². The van der Waals surface area contributed by atoms with E-state index >= 15 is 0 Å². The predicted molar refractivity (Wildman–Crippen MR) is 68.6 cm³/mol. The van der Waals surface area contributed by atoms with Crippen molar-refractivity contribution in [2.75, 3.05) is 6.61 Å². The summed E-state index contributed by atoms with van der Waals surface area (Å²) in [6.07, 6.45) is 7.00. The molecule has 0 spiro atoms. The van der Waals surface area contributed by atoms with Crippen molar-refractivity contribution in [1.82, 2.24) is 0 Å². The zero-order valence-electron chi connectivity index (χ0n) is 11.3. The van der Waals surface area contributed by atoms with Crippen LogP contribution in [0.2, 0.25) is 0 Å². The van der Waals surface area contributed by atoms with Crippen LogP contribution in [0.3, 0.4) is 0 Å². The number of ether oxygens (including phenoxy) is 1. The average molecular weight is 236 g/mol. The Morgan fingerprint density at radius 1 is 1.29 bits per heavy atom. The Labute approximate surface area is 104 Å². The maximum atomic E-state index is 12.2. The lowest BCUT2D eigenvalue weighted by Crippen LogP contribution is -2.19. The lowest BCUT2D eigenvalue weighted by atomic mass is 9.87. The molecular formula is C15H24O2. The minimum absolute atomic E-state index is 0.0319. The Hall–Kier alpha value is -0.790. The minimum atomic E-state index is -0.0319. The van der Waals surface area contributed by atoms with E-state index in [9.17, 15) is 4.79 Å². The Bertz CT molecular complexity index is 337. The molecule has 0 aromatic rings. The molecule has 2 unspecified atom stereocenters. The summed E-state index contributed by atoms with van der Waals surface area (Å²) < 4.78 is 5.30. The summed E-state index contributed by atoms with van der Waals surface area (Å²) in [5.41, 5.74) is 2.62. The van der Waals surface area contributed by atoms with Crippen LogP contribution in [0.25, 0.3) is 0 Å². The third-order valence-electron chi connectivity index (χ3n) is 4.59. The van der Waals surface area contributed by atoms with Gasteiger partial charge in [-0.3, -0.25) is 0 Å². The second-order valence-corrected chi connectivity index (χ2v) is 5.36. The number of hydrogen-bond acceptors (Lipinski definition) is 2. The lowest BCUT2D eigenvalue weighted by molar-refractivity contribution is -0.139. The highest BCUT2D eigenvalue weighted by Crippen LogP contribution is 2.68. The number of esters is 1. The molecule has 2 nitrogen and oxygen atoms in total. The molecule has 0 N–H and O–H groups in total. The molecular weight excluding hydrogens is 212 g/mol. The summed E-state index contributed by atoms with van der Waals surface area (Å²) in [4.78, 5) is 12.2. The molecule has 2 aliphatic rings. The van der Waals surface area contributed by atoms with Crippen LogP contribution in [0.1, 0.15) is 59.3 Å². The van der Waals surface area contributed by atoms with Gasteiger partial charge in [0.1, 0.15) is 0 Å². The topological polar surface area (TPSA) is 26.3 Å². The van der Waals surface area contributed by atoms with Crippen LogP contribution in [0.15, 0.2) is 11.1 Å². The van der Waals surface area contributed by atoms with Gasteiger partial charge in [0.25, 0.3) is 0 Å². The van der Waals surface area contributed by atoms with Crippen molar-refractivity contribution in [2.24, 2.45) is 11.3 Å². The zero-order chi connectivity index (χ0) is 12.5. The summed E-state index contributed by atoms with van der Waals surface area (Å²) >= 11 is 0. The van der Waals surface area contributed by atoms with Gasteiger partial charge in [0.15, 0.2) is 0 Å². The first kappa shape index (κ1) is 12.7. The van der Waals surface area contributed by atoms with Gasteiger partial charge in [-0.1, -0.05) is 25.8 Å². The molecule has 0 aromatic heterocycles. The van der Waals surface area contributed by atoms with E-state index in [1.165, 1.54) is 31.3 Å². The number of rotatable bonds is 5. The van der Waals surface area contributed by atoms with Gasteiger partial charge in [0.2, 0.25) is 0 Å². The van der Waals surface area contributed by atoms with Crippen LogP contribution in [-0.2, 0) is 9.53 Å². The molecule has 2 aliphatic carbocycles. The Morgan fingerprint density at radius 2 is 2.00 bits per heavy atom. The Kier molecular flexibility index (Phi) is 3.60. The van der Waals surface area contributed by atoms with E-state index in [2.05, 4.69) is 13.8 Å². The van der Waals surface area contributed by atoms with Gasteiger partial charge in [-0.05, 0) is 44.9 Å². The first-order chi connectivity index (χ1) is 8.19. The number of carbonyl (C=O) groups excluding carboxylic acids is 1. The molecule has 0 amide bonds. The molecule has 96 valence electrons. The number of hydrogen-bond donors (Lipinski definition) is 0. The molecule has 2 fully saturated rings. The van der Waals surface area contributed by atoms with Gasteiger partial charge < -0.3 is 4.74 Å². The van der Waals surface area contributed by atoms with Crippen LogP contribution >= 0.6 is 0 Å². The molecule has 0 saturated heterocycles. The van der Waals surface area contributed by atoms with Crippen molar-refractivity contribution in [1.29, 1.82) is 0 Å². The second-order valence-electron chi connectivity index (χ2n) is 5.36. The zero-order valence-corrected chi connectivity index (χ0v) is 11.3. The molecule has 2 rings (SSSR count). The Balaban J connectivity index is 2.31. The van der Waals surface area contributed by atoms with Crippen LogP contribution in [0.5, 0.6) is 0 Å². The van der Waals surface area contributed by atoms with E-state index in [0.717, 1.165) is 24.3 Å². The second kappa shape index (κ2) is 4.83. The van der Waals surface area contributed by atoms with Gasteiger partial charge in [-0.25, -0.2) is 4.79 Å². The fourth-order valence-electron chi connectivity index (χ4n) is 3.67. The van der Waals surface area contributed by atoms with Crippen molar-refractivity contribution in [3.8, 4) is 0 Å². The molecule has 0 aromatic carbocycles. The number of allylic oxidation sites excluding steroid dienone is 1. The highest BCUT2D eigenvalue weighted by Gasteiger charge is 2.61. The van der Waals surface area contributed by atoms with Crippen molar-refractivity contribution < 1.29 is 9.53 Å². The van der Waals surface area contributed by atoms with Gasteiger partial charge in [-0.15, -0.1) is 0 Å². The van der Waals surface area contributed by atoms with Crippen molar-refractivity contribution in [3.05, 3.63) is 11.1 Å². The maximum Gasteiger partial charge on any atom is 0.334 e. The smallest absolute Gasteiger partial charge is 0.334 e.